The summed E-state index contributed by atoms with van der Waals surface area (Å²) in [5, 5.41) is 0.639. The Kier molecular flexibility index (Phi) is 4.86. The lowest BCUT2D eigenvalue weighted by molar-refractivity contribution is 0.0525. The molecular formula is C13H12N2O3S2. The molecule has 0 atom stereocenters. The quantitative estimate of drug-likeness (QED) is 0.624. The van der Waals surface area contributed by atoms with E-state index >= 15 is 0 Å². The Morgan fingerprint density at radius 2 is 2.20 bits per heavy atom. The molecule has 0 N–H and O–H groups in total. The molecule has 5 nitrogen and oxygen atoms in total. The molecule has 2 heterocycles. The summed E-state index contributed by atoms with van der Waals surface area (Å²) in [6.45, 7) is 3.59. The second-order valence-corrected chi connectivity index (χ2v) is 6.05. The SMILES string of the molecule is CCOC(=O)c1ccnc(Sc2ncc(C(C)=O)s2)c1. The predicted octanol–water partition coefficient (Wildman–Crippen LogP) is 3.07. The van der Waals surface area contributed by atoms with E-state index in [-0.39, 0.29) is 11.8 Å². The molecule has 0 saturated heterocycles. The van der Waals surface area contributed by atoms with Gasteiger partial charge in [0.05, 0.1) is 23.2 Å². The Bertz CT molecular complexity index is 640. The maximum Gasteiger partial charge on any atom is 0.338 e. The summed E-state index contributed by atoms with van der Waals surface area (Å²) in [5.74, 6) is -0.386. The third kappa shape index (κ3) is 3.64. The van der Waals surface area contributed by atoms with Gasteiger partial charge in [0.2, 0.25) is 0 Å². The maximum absolute atomic E-state index is 11.6. The fraction of sp³-hybridized carbons (Fsp3) is 0.231. The minimum absolute atomic E-state index is 0.0115. The highest BCUT2D eigenvalue weighted by Crippen LogP contribution is 2.30. The van der Waals surface area contributed by atoms with Gasteiger partial charge in [-0.2, -0.15) is 0 Å². The number of hydrogen-bond donors (Lipinski definition) is 0. The number of thiazole rings is 1. The Morgan fingerprint density at radius 3 is 2.85 bits per heavy atom. The van der Waals surface area contributed by atoms with Crippen molar-refractivity contribution >= 4 is 34.9 Å². The Balaban J connectivity index is 2.14. The Labute approximate surface area is 124 Å². The number of Topliss-reactive ketones (excluding diaryl/α,β-unsaturated/α-hetero) is 1. The van der Waals surface area contributed by atoms with Crippen LogP contribution in [0.1, 0.15) is 33.9 Å². The lowest BCUT2D eigenvalue weighted by atomic mass is 10.3. The van der Waals surface area contributed by atoms with Gasteiger partial charge in [0, 0.05) is 13.1 Å². The van der Waals surface area contributed by atoms with Crippen LogP contribution in [-0.2, 0) is 4.74 Å². The van der Waals surface area contributed by atoms with Gasteiger partial charge in [0.15, 0.2) is 10.1 Å². The van der Waals surface area contributed by atoms with E-state index in [1.807, 2.05) is 0 Å². The van der Waals surface area contributed by atoms with E-state index < -0.39 is 0 Å². The monoisotopic (exact) mass is 308 g/mol. The molecule has 0 aromatic carbocycles. The Hall–Kier alpha value is -1.73. The fourth-order valence-corrected chi connectivity index (χ4v) is 3.18. The van der Waals surface area contributed by atoms with Crippen LogP contribution in [0.5, 0.6) is 0 Å². The van der Waals surface area contributed by atoms with Crippen molar-refractivity contribution in [3.8, 4) is 0 Å². The van der Waals surface area contributed by atoms with Crippen LogP contribution in [0.15, 0.2) is 33.9 Å². The number of pyridine rings is 1. The van der Waals surface area contributed by atoms with E-state index in [0.29, 0.717) is 26.4 Å². The highest BCUT2D eigenvalue weighted by Gasteiger charge is 2.11. The van der Waals surface area contributed by atoms with Crippen LogP contribution in [0.25, 0.3) is 0 Å². The van der Waals surface area contributed by atoms with Crippen LogP contribution in [-0.4, -0.2) is 28.3 Å². The van der Waals surface area contributed by atoms with Gasteiger partial charge in [0.1, 0.15) is 5.03 Å². The summed E-state index contributed by atoms with van der Waals surface area (Å²) < 4.78 is 5.65. The zero-order chi connectivity index (χ0) is 14.5. The molecule has 20 heavy (non-hydrogen) atoms. The lowest BCUT2D eigenvalue weighted by Crippen LogP contribution is -2.04. The van der Waals surface area contributed by atoms with Gasteiger partial charge in [0.25, 0.3) is 0 Å². The second kappa shape index (κ2) is 6.62. The van der Waals surface area contributed by atoms with E-state index in [2.05, 4.69) is 9.97 Å². The first-order chi connectivity index (χ1) is 9.60. The predicted molar refractivity (Wildman–Crippen MR) is 76.4 cm³/mol. The smallest absolute Gasteiger partial charge is 0.338 e. The minimum Gasteiger partial charge on any atom is -0.462 e. The molecule has 0 saturated carbocycles. The number of carbonyl (C=O) groups excluding carboxylic acids is 2. The molecule has 0 spiro atoms. The van der Waals surface area contributed by atoms with Gasteiger partial charge in [-0.3, -0.25) is 4.79 Å². The molecule has 2 rings (SSSR count). The average Bonchev–Trinajstić information content (AvgIpc) is 2.88. The highest BCUT2D eigenvalue weighted by atomic mass is 32.2. The van der Waals surface area contributed by atoms with Crippen LogP contribution in [0.3, 0.4) is 0 Å². The van der Waals surface area contributed by atoms with Gasteiger partial charge in [-0.1, -0.05) is 0 Å². The molecule has 0 fully saturated rings. The van der Waals surface area contributed by atoms with Crippen LogP contribution in [0.2, 0.25) is 0 Å². The maximum atomic E-state index is 11.6. The summed E-state index contributed by atoms with van der Waals surface area (Å²) >= 11 is 2.62. The molecule has 2 aromatic heterocycles. The third-order valence-corrected chi connectivity index (χ3v) is 4.37. The first-order valence-electron chi connectivity index (χ1n) is 5.88. The molecule has 0 aliphatic heterocycles. The van der Waals surface area contributed by atoms with Gasteiger partial charge in [-0.25, -0.2) is 14.8 Å². The standard InChI is InChI=1S/C13H12N2O3S2/c1-3-18-12(17)9-4-5-14-11(6-9)20-13-15-7-10(19-13)8(2)16/h4-7H,3H2,1-2H3. The minimum atomic E-state index is -0.375. The van der Waals surface area contributed by atoms with E-state index in [1.165, 1.54) is 30.0 Å². The molecule has 104 valence electrons. The lowest BCUT2D eigenvalue weighted by Gasteiger charge is -2.02. The fourth-order valence-electron chi connectivity index (χ4n) is 1.36. The first-order valence-corrected chi connectivity index (χ1v) is 7.51. The van der Waals surface area contributed by atoms with E-state index in [9.17, 15) is 9.59 Å². The van der Waals surface area contributed by atoms with Gasteiger partial charge in [-0.15, -0.1) is 11.3 Å². The zero-order valence-corrected chi connectivity index (χ0v) is 12.6. The number of rotatable bonds is 5. The summed E-state index contributed by atoms with van der Waals surface area (Å²) in [6, 6.07) is 3.25. The number of nitrogens with zero attached hydrogens (tertiary/aromatic N) is 2. The van der Waals surface area contributed by atoms with Crippen molar-refractivity contribution < 1.29 is 14.3 Å². The number of ether oxygens (including phenoxy) is 1. The third-order valence-electron chi connectivity index (χ3n) is 2.27. The average molecular weight is 308 g/mol. The number of hydrogen-bond acceptors (Lipinski definition) is 7. The number of aromatic nitrogens is 2. The molecule has 2 aromatic rings. The number of esters is 1. The summed E-state index contributed by atoms with van der Waals surface area (Å²) in [5.41, 5.74) is 0.452. The molecule has 0 bridgehead atoms. The topological polar surface area (TPSA) is 69.2 Å². The van der Waals surface area contributed by atoms with Crippen molar-refractivity contribution in [3.63, 3.8) is 0 Å². The van der Waals surface area contributed by atoms with Crippen LogP contribution in [0, 0.1) is 0 Å². The van der Waals surface area contributed by atoms with Gasteiger partial charge in [-0.05, 0) is 30.8 Å². The Morgan fingerprint density at radius 1 is 1.40 bits per heavy atom. The summed E-state index contributed by atoms with van der Waals surface area (Å²) in [6.07, 6.45) is 3.10. The van der Waals surface area contributed by atoms with Crippen LogP contribution < -0.4 is 0 Å². The molecule has 0 unspecified atom stereocenters. The largest absolute Gasteiger partial charge is 0.462 e. The molecular weight excluding hydrogens is 296 g/mol. The normalized spacial score (nSPS) is 10.3. The van der Waals surface area contributed by atoms with E-state index in [1.54, 1.807) is 31.5 Å². The molecule has 0 radical (unpaired) electrons. The van der Waals surface area contributed by atoms with E-state index in [0.717, 1.165) is 0 Å². The van der Waals surface area contributed by atoms with Crippen molar-refractivity contribution in [3.05, 3.63) is 35.0 Å². The molecule has 0 amide bonds. The van der Waals surface area contributed by atoms with Crippen molar-refractivity contribution in [1.82, 2.24) is 9.97 Å². The molecule has 0 aliphatic rings. The first kappa shape index (κ1) is 14.7. The van der Waals surface area contributed by atoms with Crippen molar-refractivity contribution in [2.45, 2.75) is 23.2 Å². The van der Waals surface area contributed by atoms with Crippen molar-refractivity contribution in [1.29, 1.82) is 0 Å². The van der Waals surface area contributed by atoms with E-state index in [4.69, 9.17) is 4.74 Å². The zero-order valence-electron chi connectivity index (χ0n) is 11.0. The van der Waals surface area contributed by atoms with Gasteiger partial charge >= 0.3 is 5.97 Å². The van der Waals surface area contributed by atoms with Crippen LogP contribution >= 0.6 is 23.1 Å². The van der Waals surface area contributed by atoms with Crippen LogP contribution in [0.4, 0.5) is 0 Å². The van der Waals surface area contributed by atoms with Gasteiger partial charge < -0.3 is 4.74 Å². The number of ketones is 1. The van der Waals surface area contributed by atoms with Crippen molar-refractivity contribution in [2.75, 3.05) is 6.61 Å². The molecule has 7 heteroatoms. The summed E-state index contributed by atoms with van der Waals surface area (Å²) in [4.78, 5) is 31.8. The number of carbonyl (C=O) groups is 2. The highest BCUT2D eigenvalue weighted by molar-refractivity contribution is 8.01. The molecule has 0 aliphatic carbocycles. The summed E-state index contributed by atoms with van der Waals surface area (Å²) in [7, 11) is 0. The second-order valence-electron chi connectivity index (χ2n) is 3.75. The van der Waals surface area contributed by atoms with Crippen molar-refractivity contribution in [2.24, 2.45) is 0 Å².